The summed E-state index contributed by atoms with van der Waals surface area (Å²) in [7, 11) is -3.76. The topological polar surface area (TPSA) is 89.5 Å². The van der Waals surface area contributed by atoms with Gasteiger partial charge in [-0.1, -0.05) is 36.4 Å². The van der Waals surface area contributed by atoms with E-state index >= 15 is 0 Å². The van der Waals surface area contributed by atoms with Crippen molar-refractivity contribution in [1.29, 1.82) is 0 Å². The lowest BCUT2D eigenvalue weighted by molar-refractivity contribution is -0.142. The number of nitrogens with one attached hydrogen (secondary N) is 1. The SMILES string of the molecule is Cc1cc(C)c(C)c(S(=O)(=O)NCCC(=O)OCC(=O)c2ccccc2)c1C. The predicted molar refractivity (Wildman–Crippen MR) is 107 cm³/mol. The van der Waals surface area contributed by atoms with Gasteiger partial charge in [-0.2, -0.15) is 0 Å². The van der Waals surface area contributed by atoms with Crippen LogP contribution >= 0.6 is 0 Å². The molecule has 0 aliphatic rings. The summed E-state index contributed by atoms with van der Waals surface area (Å²) in [6.45, 7) is 6.78. The highest BCUT2D eigenvalue weighted by molar-refractivity contribution is 7.89. The highest BCUT2D eigenvalue weighted by Crippen LogP contribution is 2.25. The van der Waals surface area contributed by atoms with Crippen LogP contribution in [-0.2, 0) is 19.6 Å². The minimum absolute atomic E-state index is 0.105. The van der Waals surface area contributed by atoms with E-state index in [1.54, 1.807) is 44.2 Å². The molecule has 0 bridgehead atoms. The molecule has 6 nitrogen and oxygen atoms in total. The van der Waals surface area contributed by atoms with Gasteiger partial charge in [0.15, 0.2) is 12.4 Å². The third-order valence-electron chi connectivity index (χ3n) is 4.65. The van der Waals surface area contributed by atoms with Crippen molar-refractivity contribution in [1.82, 2.24) is 4.72 Å². The number of carbonyl (C=O) groups excluding carboxylic acids is 2. The second-order valence-electron chi connectivity index (χ2n) is 6.69. The Morgan fingerprint density at radius 3 is 2.11 bits per heavy atom. The highest BCUT2D eigenvalue weighted by atomic mass is 32.2. The Morgan fingerprint density at radius 2 is 1.54 bits per heavy atom. The third-order valence-corrected chi connectivity index (χ3v) is 6.38. The van der Waals surface area contributed by atoms with Crippen LogP contribution in [0.3, 0.4) is 0 Å². The predicted octanol–water partition coefficient (Wildman–Crippen LogP) is 3.01. The molecular formula is C21H25NO5S. The Hall–Kier alpha value is -2.51. The number of sulfonamides is 1. The first-order valence-corrected chi connectivity index (χ1v) is 10.4. The lowest BCUT2D eigenvalue weighted by atomic mass is 10.0. The number of hydrogen-bond donors (Lipinski definition) is 1. The van der Waals surface area contributed by atoms with E-state index in [1.807, 2.05) is 19.9 Å². The number of esters is 1. The summed E-state index contributed by atoms with van der Waals surface area (Å²) in [5, 5.41) is 0. The quantitative estimate of drug-likeness (QED) is 0.541. The van der Waals surface area contributed by atoms with Crippen molar-refractivity contribution in [2.45, 2.75) is 39.0 Å². The molecule has 2 rings (SSSR count). The zero-order valence-corrected chi connectivity index (χ0v) is 17.4. The first kappa shape index (κ1) is 21.8. The fourth-order valence-electron chi connectivity index (χ4n) is 2.87. The van der Waals surface area contributed by atoms with E-state index < -0.39 is 16.0 Å². The minimum Gasteiger partial charge on any atom is -0.457 e. The summed E-state index contributed by atoms with van der Waals surface area (Å²) in [6, 6.07) is 10.5. The van der Waals surface area contributed by atoms with Gasteiger partial charge in [-0.3, -0.25) is 9.59 Å². The standard InChI is InChI=1S/C21H25NO5S/c1-14-12-15(2)17(4)21(16(14)3)28(25,26)22-11-10-20(24)27-13-19(23)18-8-6-5-7-9-18/h5-9,12,22H,10-11,13H2,1-4H3. The Labute approximate surface area is 166 Å². The van der Waals surface area contributed by atoms with Crippen LogP contribution in [0.15, 0.2) is 41.3 Å². The Kier molecular flexibility index (Phi) is 7.10. The second kappa shape index (κ2) is 9.12. The molecule has 1 N–H and O–H groups in total. The second-order valence-corrected chi connectivity index (χ2v) is 8.39. The molecule has 150 valence electrons. The van der Waals surface area contributed by atoms with Gasteiger partial charge in [-0.05, 0) is 49.9 Å². The van der Waals surface area contributed by atoms with E-state index in [0.29, 0.717) is 16.7 Å². The molecule has 0 fully saturated rings. The van der Waals surface area contributed by atoms with Gasteiger partial charge in [-0.25, -0.2) is 13.1 Å². The van der Waals surface area contributed by atoms with Crippen molar-refractivity contribution in [3.8, 4) is 0 Å². The molecule has 0 aliphatic carbocycles. The zero-order valence-electron chi connectivity index (χ0n) is 16.5. The largest absolute Gasteiger partial charge is 0.457 e. The van der Waals surface area contributed by atoms with Crippen LogP contribution in [0, 0.1) is 27.7 Å². The third kappa shape index (κ3) is 5.27. The average Bonchev–Trinajstić information content (AvgIpc) is 2.65. The molecule has 7 heteroatoms. The lowest BCUT2D eigenvalue weighted by Crippen LogP contribution is -2.28. The maximum absolute atomic E-state index is 12.7. The van der Waals surface area contributed by atoms with Crippen LogP contribution in [0.25, 0.3) is 0 Å². The van der Waals surface area contributed by atoms with Crippen LogP contribution in [0.2, 0.25) is 0 Å². The monoisotopic (exact) mass is 403 g/mol. The molecule has 0 radical (unpaired) electrons. The van der Waals surface area contributed by atoms with Crippen LogP contribution in [0.1, 0.15) is 39.0 Å². The fraction of sp³-hybridized carbons (Fsp3) is 0.333. The van der Waals surface area contributed by atoms with E-state index in [4.69, 9.17) is 4.74 Å². The smallest absolute Gasteiger partial charge is 0.307 e. The van der Waals surface area contributed by atoms with E-state index in [0.717, 1.165) is 11.1 Å². The van der Waals surface area contributed by atoms with Crippen LogP contribution in [0.5, 0.6) is 0 Å². The van der Waals surface area contributed by atoms with E-state index in [1.165, 1.54) is 0 Å². The number of Topliss-reactive ketones (excluding diaryl/α,β-unsaturated/α-hetero) is 1. The molecule has 0 atom stereocenters. The van der Waals surface area contributed by atoms with E-state index in [-0.39, 0.29) is 30.3 Å². The summed E-state index contributed by atoms with van der Waals surface area (Å²) in [5.74, 6) is -0.947. The Bertz CT molecular complexity index is 955. The fourth-order valence-corrected chi connectivity index (χ4v) is 4.51. The number of ketones is 1. The van der Waals surface area contributed by atoms with Crippen LogP contribution < -0.4 is 4.72 Å². The van der Waals surface area contributed by atoms with Gasteiger partial charge in [-0.15, -0.1) is 0 Å². The molecule has 28 heavy (non-hydrogen) atoms. The van der Waals surface area contributed by atoms with Crippen LogP contribution in [0.4, 0.5) is 0 Å². The van der Waals surface area contributed by atoms with E-state index in [9.17, 15) is 18.0 Å². The van der Waals surface area contributed by atoms with Gasteiger partial charge in [0, 0.05) is 12.1 Å². The number of aryl methyl sites for hydroxylation is 2. The molecule has 0 heterocycles. The molecule has 2 aromatic rings. The van der Waals surface area contributed by atoms with Crippen molar-refractivity contribution in [2.75, 3.05) is 13.2 Å². The number of ether oxygens (including phenoxy) is 1. The minimum atomic E-state index is -3.76. The Balaban J connectivity index is 1.92. The van der Waals surface area contributed by atoms with Crippen molar-refractivity contribution < 1.29 is 22.7 Å². The highest BCUT2D eigenvalue weighted by Gasteiger charge is 2.22. The van der Waals surface area contributed by atoms with Crippen molar-refractivity contribution >= 4 is 21.8 Å². The summed E-state index contributed by atoms with van der Waals surface area (Å²) in [6.07, 6.45) is -0.163. The summed E-state index contributed by atoms with van der Waals surface area (Å²) in [5.41, 5.74) is 3.61. The number of carbonyl (C=O) groups is 2. The summed E-state index contributed by atoms with van der Waals surface area (Å²) < 4.78 is 32.8. The molecule has 0 amide bonds. The molecule has 0 unspecified atom stereocenters. The van der Waals surface area contributed by atoms with Crippen molar-refractivity contribution in [2.24, 2.45) is 0 Å². The first-order chi connectivity index (χ1) is 13.1. The van der Waals surface area contributed by atoms with Crippen molar-refractivity contribution in [3.63, 3.8) is 0 Å². The molecule has 0 spiro atoms. The molecule has 0 aromatic heterocycles. The number of benzene rings is 2. The Morgan fingerprint density at radius 1 is 0.964 bits per heavy atom. The van der Waals surface area contributed by atoms with Gasteiger partial charge in [0.25, 0.3) is 0 Å². The molecule has 0 aliphatic heterocycles. The maximum Gasteiger partial charge on any atom is 0.307 e. The average molecular weight is 404 g/mol. The first-order valence-electron chi connectivity index (χ1n) is 8.94. The number of rotatable bonds is 8. The zero-order chi connectivity index (χ0) is 20.9. The van der Waals surface area contributed by atoms with Gasteiger partial charge in [0.2, 0.25) is 10.0 Å². The normalized spacial score (nSPS) is 11.3. The van der Waals surface area contributed by atoms with Gasteiger partial charge in [0.1, 0.15) is 0 Å². The van der Waals surface area contributed by atoms with Crippen LogP contribution in [-0.4, -0.2) is 33.3 Å². The molecular weight excluding hydrogens is 378 g/mol. The summed E-state index contributed by atoms with van der Waals surface area (Å²) >= 11 is 0. The number of hydrogen-bond acceptors (Lipinski definition) is 5. The van der Waals surface area contributed by atoms with Gasteiger partial charge in [0.05, 0.1) is 11.3 Å². The van der Waals surface area contributed by atoms with Gasteiger partial charge < -0.3 is 4.74 Å². The molecule has 0 saturated carbocycles. The molecule has 2 aromatic carbocycles. The maximum atomic E-state index is 12.7. The molecule has 0 saturated heterocycles. The summed E-state index contributed by atoms with van der Waals surface area (Å²) in [4.78, 5) is 24.0. The van der Waals surface area contributed by atoms with Crippen molar-refractivity contribution in [3.05, 3.63) is 64.2 Å². The van der Waals surface area contributed by atoms with Gasteiger partial charge >= 0.3 is 5.97 Å². The lowest BCUT2D eigenvalue weighted by Gasteiger charge is -2.16. The van der Waals surface area contributed by atoms with E-state index in [2.05, 4.69) is 4.72 Å².